The van der Waals surface area contributed by atoms with Gasteiger partial charge in [0.05, 0.1) is 25.5 Å². The molecule has 0 spiro atoms. The number of nitrogens with one attached hydrogen (secondary N) is 2. The topological polar surface area (TPSA) is 83.1 Å². The average molecular weight is 551 g/mol. The Morgan fingerprint density at radius 3 is 2.15 bits per heavy atom. The molecule has 2 N–H and O–H groups in total. The van der Waals surface area contributed by atoms with E-state index in [0.717, 1.165) is 48.9 Å². The smallest absolute Gasteiger partial charge is 0.255 e. The van der Waals surface area contributed by atoms with Crippen molar-refractivity contribution >= 4 is 28.9 Å². The molecule has 0 radical (unpaired) electrons. The largest absolute Gasteiger partial charge is 0.497 e. The van der Waals surface area contributed by atoms with Gasteiger partial charge in [-0.1, -0.05) is 48.5 Å². The third kappa shape index (κ3) is 6.61. The second-order valence-electron chi connectivity index (χ2n) is 9.73. The molecule has 1 heterocycles. The SMILES string of the molecule is COc1cccc(C(=O)Nc2ccc(N3CCN(c4ccccc4OC)CC3)c(C(=O)NCc3ccccc3)c2)c1. The van der Waals surface area contributed by atoms with Gasteiger partial charge in [-0.15, -0.1) is 0 Å². The first kappa shape index (κ1) is 27.6. The van der Waals surface area contributed by atoms with E-state index in [1.807, 2.05) is 60.7 Å². The monoisotopic (exact) mass is 550 g/mol. The highest BCUT2D eigenvalue weighted by atomic mass is 16.5. The summed E-state index contributed by atoms with van der Waals surface area (Å²) >= 11 is 0. The van der Waals surface area contributed by atoms with Crippen LogP contribution in [0.1, 0.15) is 26.3 Å². The van der Waals surface area contributed by atoms with Crippen LogP contribution in [0.25, 0.3) is 0 Å². The highest BCUT2D eigenvalue weighted by Gasteiger charge is 2.24. The summed E-state index contributed by atoms with van der Waals surface area (Å²) in [5, 5.41) is 5.98. The van der Waals surface area contributed by atoms with Gasteiger partial charge in [-0.25, -0.2) is 0 Å². The molecule has 1 aliphatic rings. The fourth-order valence-corrected chi connectivity index (χ4v) is 4.99. The lowest BCUT2D eigenvalue weighted by atomic mass is 10.1. The van der Waals surface area contributed by atoms with Crippen LogP contribution in [-0.4, -0.2) is 52.2 Å². The van der Waals surface area contributed by atoms with Gasteiger partial charge in [0.25, 0.3) is 11.8 Å². The van der Waals surface area contributed by atoms with Crippen LogP contribution in [0.5, 0.6) is 11.5 Å². The average Bonchev–Trinajstić information content (AvgIpc) is 3.04. The van der Waals surface area contributed by atoms with E-state index in [4.69, 9.17) is 9.47 Å². The van der Waals surface area contributed by atoms with Crippen molar-refractivity contribution in [3.8, 4) is 11.5 Å². The van der Waals surface area contributed by atoms with Crippen molar-refractivity contribution in [3.63, 3.8) is 0 Å². The Bertz CT molecular complexity index is 1500. The second kappa shape index (κ2) is 12.9. The van der Waals surface area contributed by atoms with E-state index in [1.54, 1.807) is 44.6 Å². The number of benzene rings is 4. The lowest BCUT2D eigenvalue weighted by molar-refractivity contribution is 0.0950. The molecule has 1 aliphatic heterocycles. The molecule has 4 aromatic carbocycles. The van der Waals surface area contributed by atoms with Gasteiger partial charge in [0.2, 0.25) is 0 Å². The number of piperazine rings is 1. The number of carbonyl (C=O) groups is 2. The highest BCUT2D eigenvalue weighted by Crippen LogP contribution is 2.31. The number of amides is 2. The number of anilines is 3. The standard InChI is InChI=1S/C33H34N4O4/c1-40-27-12-8-11-25(21-27)32(38)35-26-15-16-29(28(22-26)33(39)34-23-24-9-4-3-5-10-24)36-17-19-37(20-18-36)30-13-6-7-14-31(30)41-2/h3-16,21-22H,17-20,23H2,1-2H3,(H,34,39)(H,35,38). The van der Waals surface area contributed by atoms with Crippen LogP contribution in [0.2, 0.25) is 0 Å². The minimum atomic E-state index is -0.280. The van der Waals surface area contributed by atoms with Crippen LogP contribution in [-0.2, 0) is 6.54 Å². The van der Waals surface area contributed by atoms with Crippen molar-refractivity contribution in [1.82, 2.24) is 5.32 Å². The van der Waals surface area contributed by atoms with Crippen LogP contribution >= 0.6 is 0 Å². The van der Waals surface area contributed by atoms with Crippen LogP contribution in [0.4, 0.5) is 17.1 Å². The third-order valence-electron chi connectivity index (χ3n) is 7.17. The molecule has 0 aromatic heterocycles. The van der Waals surface area contributed by atoms with Crippen LogP contribution in [0.15, 0.2) is 97.1 Å². The molecular weight excluding hydrogens is 516 g/mol. The van der Waals surface area contributed by atoms with Gasteiger partial charge in [0.15, 0.2) is 0 Å². The minimum Gasteiger partial charge on any atom is -0.497 e. The molecule has 5 rings (SSSR count). The van der Waals surface area contributed by atoms with Gasteiger partial charge in [0, 0.05) is 49.7 Å². The van der Waals surface area contributed by atoms with Gasteiger partial charge in [-0.2, -0.15) is 0 Å². The number of rotatable bonds is 9. The molecule has 0 bridgehead atoms. The molecule has 0 unspecified atom stereocenters. The summed E-state index contributed by atoms with van der Waals surface area (Å²) in [4.78, 5) is 31.1. The summed E-state index contributed by atoms with van der Waals surface area (Å²) in [7, 11) is 3.25. The Labute approximate surface area is 240 Å². The van der Waals surface area contributed by atoms with E-state index >= 15 is 0 Å². The fraction of sp³-hybridized carbons (Fsp3) is 0.212. The van der Waals surface area contributed by atoms with Gasteiger partial charge in [-0.3, -0.25) is 9.59 Å². The number of methoxy groups -OCH3 is 2. The third-order valence-corrected chi connectivity index (χ3v) is 7.17. The molecule has 1 fully saturated rings. The first-order valence-corrected chi connectivity index (χ1v) is 13.6. The number of carbonyl (C=O) groups excluding carboxylic acids is 2. The number of para-hydroxylation sites is 2. The predicted molar refractivity (Wildman–Crippen MR) is 162 cm³/mol. The van der Waals surface area contributed by atoms with Crippen molar-refractivity contribution in [1.29, 1.82) is 0 Å². The Morgan fingerprint density at radius 1 is 0.707 bits per heavy atom. The Kier molecular flexibility index (Phi) is 8.69. The highest BCUT2D eigenvalue weighted by molar-refractivity contribution is 6.06. The predicted octanol–water partition coefficient (Wildman–Crippen LogP) is 5.21. The normalized spacial score (nSPS) is 12.9. The summed E-state index contributed by atoms with van der Waals surface area (Å²) in [6, 6.07) is 30.3. The molecule has 41 heavy (non-hydrogen) atoms. The summed E-state index contributed by atoms with van der Waals surface area (Å²) in [6.07, 6.45) is 0. The zero-order valence-electron chi connectivity index (χ0n) is 23.3. The maximum Gasteiger partial charge on any atom is 0.255 e. The maximum absolute atomic E-state index is 13.5. The lowest BCUT2D eigenvalue weighted by Crippen LogP contribution is -2.47. The van der Waals surface area contributed by atoms with Crippen molar-refractivity contribution < 1.29 is 19.1 Å². The summed E-state index contributed by atoms with van der Waals surface area (Å²) in [5.41, 5.74) is 4.42. The molecule has 0 aliphatic carbocycles. The fourth-order valence-electron chi connectivity index (χ4n) is 4.99. The Hall–Kier alpha value is -4.98. The van der Waals surface area contributed by atoms with Crippen LogP contribution < -0.4 is 29.9 Å². The molecular formula is C33H34N4O4. The van der Waals surface area contributed by atoms with Gasteiger partial charge in [0.1, 0.15) is 11.5 Å². The van der Waals surface area contributed by atoms with Gasteiger partial charge in [-0.05, 0) is 54.1 Å². The van der Waals surface area contributed by atoms with Crippen molar-refractivity contribution in [2.45, 2.75) is 6.54 Å². The second-order valence-corrected chi connectivity index (χ2v) is 9.73. The van der Waals surface area contributed by atoms with E-state index in [0.29, 0.717) is 29.1 Å². The van der Waals surface area contributed by atoms with E-state index in [9.17, 15) is 9.59 Å². The zero-order chi connectivity index (χ0) is 28.6. The molecule has 2 amide bonds. The molecule has 8 nitrogen and oxygen atoms in total. The molecule has 210 valence electrons. The van der Waals surface area contributed by atoms with E-state index < -0.39 is 0 Å². The zero-order valence-corrected chi connectivity index (χ0v) is 23.3. The first-order valence-electron chi connectivity index (χ1n) is 13.6. The number of ether oxygens (including phenoxy) is 2. The lowest BCUT2D eigenvalue weighted by Gasteiger charge is -2.38. The van der Waals surface area contributed by atoms with E-state index in [-0.39, 0.29) is 11.8 Å². The van der Waals surface area contributed by atoms with Gasteiger partial charge < -0.3 is 29.9 Å². The Balaban J connectivity index is 1.37. The molecule has 1 saturated heterocycles. The van der Waals surface area contributed by atoms with Crippen molar-refractivity contribution in [2.75, 3.05) is 55.5 Å². The molecule has 0 saturated carbocycles. The van der Waals surface area contributed by atoms with Gasteiger partial charge >= 0.3 is 0 Å². The van der Waals surface area contributed by atoms with Crippen molar-refractivity contribution in [3.05, 3.63) is 114 Å². The maximum atomic E-state index is 13.5. The molecule has 8 heteroatoms. The number of hydrogen-bond donors (Lipinski definition) is 2. The number of nitrogens with zero attached hydrogens (tertiary/aromatic N) is 2. The van der Waals surface area contributed by atoms with Crippen LogP contribution in [0.3, 0.4) is 0 Å². The Morgan fingerprint density at radius 2 is 1.41 bits per heavy atom. The van der Waals surface area contributed by atoms with E-state index in [1.165, 1.54) is 0 Å². The minimum absolute atomic E-state index is 0.200. The summed E-state index contributed by atoms with van der Waals surface area (Å²) in [6.45, 7) is 3.42. The molecule has 0 atom stereocenters. The summed E-state index contributed by atoms with van der Waals surface area (Å²) in [5.74, 6) is 0.963. The quantitative estimate of drug-likeness (QED) is 0.298. The van der Waals surface area contributed by atoms with E-state index in [2.05, 4.69) is 26.5 Å². The summed E-state index contributed by atoms with van der Waals surface area (Å²) < 4.78 is 10.8. The molecule has 4 aromatic rings. The number of hydrogen-bond acceptors (Lipinski definition) is 6. The van der Waals surface area contributed by atoms with Crippen molar-refractivity contribution in [2.24, 2.45) is 0 Å². The first-order chi connectivity index (χ1) is 20.1. The van der Waals surface area contributed by atoms with Crippen LogP contribution in [0, 0.1) is 0 Å².